The number of benzene rings is 2. The third kappa shape index (κ3) is 2.97. The molecule has 2 aromatic heterocycles. The number of amides is 1. The number of carbonyl (C=O) groups is 1. The number of fused-ring (bicyclic) bond motifs is 1. The van der Waals surface area contributed by atoms with Gasteiger partial charge in [-0.15, -0.1) is 0 Å². The molecule has 2 aromatic carbocycles. The fourth-order valence-electron chi connectivity index (χ4n) is 2.84. The van der Waals surface area contributed by atoms with Crippen LogP contribution in [0.2, 0.25) is 0 Å². The molecule has 4 aromatic rings. The molecule has 130 valence electrons. The second kappa shape index (κ2) is 6.48. The van der Waals surface area contributed by atoms with Crippen LogP contribution in [0.3, 0.4) is 0 Å². The van der Waals surface area contributed by atoms with Crippen molar-refractivity contribution in [2.45, 2.75) is 20.4 Å². The minimum atomic E-state index is -0.204. The molecule has 0 fully saturated rings. The average molecular weight is 347 g/mol. The van der Waals surface area contributed by atoms with Crippen molar-refractivity contribution in [3.63, 3.8) is 0 Å². The van der Waals surface area contributed by atoms with Gasteiger partial charge in [-0.1, -0.05) is 35.5 Å². The molecule has 6 heteroatoms. The van der Waals surface area contributed by atoms with E-state index < -0.39 is 0 Å². The summed E-state index contributed by atoms with van der Waals surface area (Å²) in [5.74, 6) is 1.09. The van der Waals surface area contributed by atoms with Gasteiger partial charge in [0.25, 0.3) is 5.91 Å². The van der Waals surface area contributed by atoms with Gasteiger partial charge in [0.2, 0.25) is 0 Å². The van der Waals surface area contributed by atoms with Crippen molar-refractivity contribution in [2.75, 3.05) is 0 Å². The third-order valence-electron chi connectivity index (χ3n) is 4.23. The molecule has 0 atom stereocenters. The SMILES string of the molecule is Cc1nc2ccc(C(=O)NCc3noc(-c4ccccc4)c3C)cc2o1. The summed E-state index contributed by atoms with van der Waals surface area (Å²) in [5.41, 5.74) is 4.42. The Morgan fingerprint density at radius 1 is 1.12 bits per heavy atom. The molecule has 1 amide bonds. The first-order valence-corrected chi connectivity index (χ1v) is 8.28. The summed E-state index contributed by atoms with van der Waals surface area (Å²) in [6.45, 7) is 4.00. The molecular formula is C20H17N3O3. The fraction of sp³-hybridized carbons (Fsp3) is 0.150. The minimum Gasteiger partial charge on any atom is -0.441 e. The lowest BCUT2D eigenvalue weighted by Crippen LogP contribution is -2.23. The van der Waals surface area contributed by atoms with Crippen molar-refractivity contribution in [3.05, 3.63) is 71.2 Å². The molecule has 1 N–H and O–H groups in total. The van der Waals surface area contributed by atoms with Crippen LogP contribution < -0.4 is 5.32 Å². The molecule has 6 nitrogen and oxygen atoms in total. The van der Waals surface area contributed by atoms with Crippen LogP contribution in [-0.2, 0) is 6.54 Å². The van der Waals surface area contributed by atoms with Crippen LogP contribution >= 0.6 is 0 Å². The normalized spacial score (nSPS) is 11.0. The van der Waals surface area contributed by atoms with Gasteiger partial charge in [-0.2, -0.15) is 0 Å². The van der Waals surface area contributed by atoms with Gasteiger partial charge in [-0.25, -0.2) is 4.98 Å². The summed E-state index contributed by atoms with van der Waals surface area (Å²) in [4.78, 5) is 16.7. The second-order valence-electron chi connectivity index (χ2n) is 6.05. The Morgan fingerprint density at radius 3 is 2.73 bits per heavy atom. The van der Waals surface area contributed by atoms with Gasteiger partial charge in [-0.05, 0) is 25.1 Å². The number of carbonyl (C=O) groups excluding carboxylic acids is 1. The molecule has 0 aliphatic heterocycles. The Kier molecular flexibility index (Phi) is 4.01. The highest BCUT2D eigenvalue weighted by Gasteiger charge is 2.15. The number of hydrogen-bond donors (Lipinski definition) is 1. The zero-order valence-corrected chi connectivity index (χ0v) is 14.4. The summed E-state index contributed by atoms with van der Waals surface area (Å²) in [6.07, 6.45) is 0. The standard InChI is InChI=1S/C20H17N3O3/c1-12-17(23-26-19(12)14-6-4-3-5-7-14)11-21-20(24)15-8-9-16-18(10-15)25-13(2)22-16/h3-10H,11H2,1-2H3,(H,21,24). The van der Waals surface area contributed by atoms with E-state index in [4.69, 9.17) is 8.94 Å². The summed E-state index contributed by atoms with van der Waals surface area (Å²) in [5, 5.41) is 6.96. The predicted molar refractivity (Wildman–Crippen MR) is 96.6 cm³/mol. The van der Waals surface area contributed by atoms with E-state index in [1.54, 1.807) is 25.1 Å². The first-order chi connectivity index (χ1) is 12.6. The topological polar surface area (TPSA) is 81.2 Å². The molecule has 4 rings (SSSR count). The smallest absolute Gasteiger partial charge is 0.251 e. The van der Waals surface area contributed by atoms with Crippen LogP contribution in [-0.4, -0.2) is 16.0 Å². The summed E-state index contributed by atoms with van der Waals surface area (Å²) in [7, 11) is 0. The monoisotopic (exact) mass is 347 g/mol. The molecule has 0 saturated carbocycles. The first-order valence-electron chi connectivity index (χ1n) is 8.28. The molecular weight excluding hydrogens is 330 g/mol. The van der Waals surface area contributed by atoms with Crippen molar-refractivity contribution in [1.29, 1.82) is 0 Å². The average Bonchev–Trinajstić information content (AvgIpc) is 3.21. The van der Waals surface area contributed by atoms with Crippen molar-refractivity contribution in [3.8, 4) is 11.3 Å². The van der Waals surface area contributed by atoms with E-state index in [0.717, 1.165) is 16.6 Å². The van der Waals surface area contributed by atoms with E-state index in [1.165, 1.54) is 0 Å². The van der Waals surface area contributed by atoms with Gasteiger partial charge in [0.15, 0.2) is 17.2 Å². The van der Waals surface area contributed by atoms with Crippen LogP contribution in [0.5, 0.6) is 0 Å². The molecule has 2 heterocycles. The lowest BCUT2D eigenvalue weighted by molar-refractivity contribution is 0.0950. The van der Waals surface area contributed by atoms with Crippen molar-refractivity contribution in [1.82, 2.24) is 15.5 Å². The van der Waals surface area contributed by atoms with Gasteiger partial charge in [0, 0.05) is 23.6 Å². The molecule has 0 saturated heterocycles. The number of nitrogens with zero attached hydrogens (tertiary/aromatic N) is 2. The van der Waals surface area contributed by atoms with E-state index in [9.17, 15) is 4.79 Å². The maximum absolute atomic E-state index is 12.4. The van der Waals surface area contributed by atoms with E-state index in [2.05, 4.69) is 15.5 Å². The highest BCUT2D eigenvalue weighted by Crippen LogP contribution is 2.25. The molecule has 26 heavy (non-hydrogen) atoms. The van der Waals surface area contributed by atoms with Crippen molar-refractivity contribution >= 4 is 17.0 Å². The third-order valence-corrected chi connectivity index (χ3v) is 4.23. The van der Waals surface area contributed by atoms with Crippen molar-refractivity contribution < 1.29 is 13.7 Å². The Balaban J connectivity index is 1.50. The summed E-state index contributed by atoms with van der Waals surface area (Å²) >= 11 is 0. The molecule has 0 spiro atoms. The van der Waals surface area contributed by atoms with Crippen LogP contribution in [0.1, 0.15) is 27.5 Å². The summed E-state index contributed by atoms with van der Waals surface area (Å²) < 4.78 is 10.9. The Bertz CT molecular complexity index is 1080. The number of oxazole rings is 1. The highest BCUT2D eigenvalue weighted by molar-refractivity contribution is 5.97. The molecule has 0 aliphatic carbocycles. The summed E-state index contributed by atoms with van der Waals surface area (Å²) in [6, 6.07) is 15.0. The maximum Gasteiger partial charge on any atom is 0.251 e. The molecule has 0 radical (unpaired) electrons. The highest BCUT2D eigenvalue weighted by atomic mass is 16.5. The lowest BCUT2D eigenvalue weighted by atomic mass is 10.1. The largest absolute Gasteiger partial charge is 0.441 e. The van der Waals surface area contributed by atoms with E-state index in [-0.39, 0.29) is 12.5 Å². The molecule has 0 aliphatic rings. The van der Waals surface area contributed by atoms with Crippen LogP contribution in [0, 0.1) is 13.8 Å². The number of nitrogens with one attached hydrogen (secondary N) is 1. The zero-order chi connectivity index (χ0) is 18.1. The Morgan fingerprint density at radius 2 is 1.92 bits per heavy atom. The molecule has 0 unspecified atom stereocenters. The van der Waals surface area contributed by atoms with Gasteiger partial charge < -0.3 is 14.3 Å². The predicted octanol–water partition coefficient (Wildman–Crippen LogP) is 4.03. The lowest BCUT2D eigenvalue weighted by Gasteiger charge is -2.04. The quantitative estimate of drug-likeness (QED) is 0.603. The Labute approximate surface area is 149 Å². The number of aromatic nitrogens is 2. The zero-order valence-electron chi connectivity index (χ0n) is 14.4. The van der Waals surface area contributed by atoms with E-state index >= 15 is 0 Å². The molecule has 0 bridgehead atoms. The van der Waals surface area contributed by atoms with Crippen LogP contribution in [0.15, 0.2) is 57.5 Å². The van der Waals surface area contributed by atoms with Crippen LogP contribution in [0.25, 0.3) is 22.4 Å². The van der Waals surface area contributed by atoms with Crippen LogP contribution in [0.4, 0.5) is 0 Å². The van der Waals surface area contributed by atoms with Gasteiger partial charge in [-0.3, -0.25) is 4.79 Å². The number of rotatable bonds is 4. The maximum atomic E-state index is 12.4. The van der Waals surface area contributed by atoms with Gasteiger partial charge in [0.05, 0.1) is 6.54 Å². The van der Waals surface area contributed by atoms with Crippen molar-refractivity contribution in [2.24, 2.45) is 0 Å². The Hall–Kier alpha value is -3.41. The van der Waals surface area contributed by atoms with E-state index in [0.29, 0.717) is 28.5 Å². The number of hydrogen-bond acceptors (Lipinski definition) is 5. The fourth-order valence-corrected chi connectivity index (χ4v) is 2.84. The second-order valence-corrected chi connectivity index (χ2v) is 6.05. The minimum absolute atomic E-state index is 0.204. The van der Waals surface area contributed by atoms with Gasteiger partial charge in [0.1, 0.15) is 11.2 Å². The van der Waals surface area contributed by atoms with E-state index in [1.807, 2.05) is 37.3 Å². The van der Waals surface area contributed by atoms with Gasteiger partial charge >= 0.3 is 0 Å². The number of aryl methyl sites for hydroxylation is 1. The first kappa shape index (κ1) is 16.1.